The van der Waals surface area contributed by atoms with Crippen molar-refractivity contribution >= 4 is 55.5 Å². The van der Waals surface area contributed by atoms with Crippen LogP contribution in [-0.2, 0) is 12.3 Å². The molecule has 4 N–H and O–H groups in total. The second-order valence-corrected chi connectivity index (χ2v) is 24.6. The summed E-state index contributed by atoms with van der Waals surface area (Å²) in [6, 6.07) is 16.0. The van der Waals surface area contributed by atoms with E-state index in [1.807, 2.05) is 24.3 Å². The first-order valence-corrected chi connectivity index (χ1v) is 21.4. The molecule has 0 aliphatic rings. The van der Waals surface area contributed by atoms with Gasteiger partial charge in [0.15, 0.2) is 0 Å². The van der Waals surface area contributed by atoms with Crippen molar-refractivity contribution < 1.29 is 12.3 Å². The first-order chi connectivity index (χ1) is 13.1. The van der Waals surface area contributed by atoms with Crippen molar-refractivity contribution in [3.05, 3.63) is 48.5 Å². The van der Waals surface area contributed by atoms with Gasteiger partial charge in [0.05, 0.1) is 0 Å². The molecule has 0 saturated heterocycles. The quantitative estimate of drug-likeness (QED) is 0.458. The molecule has 29 heavy (non-hydrogen) atoms. The zero-order chi connectivity index (χ0) is 22.1. The Balaban J connectivity index is 2.12. The van der Waals surface area contributed by atoms with Crippen molar-refractivity contribution in [2.24, 2.45) is 0 Å². The van der Waals surface area contributed by atoms with Crippen LogP contribution in [0.1, 0.15) is 0 Å². The molecular weight excluding hydrogens is 429 g/mol. The lowest BCUT2D eigenvalue weighted by molar-refractivity contribution is 0.334. The van der Waals surface area contributed by atoms with Crippen LogP contribution >= 0.6 is 0 Å². The van der Waals surface area contributed by atoms with Crippen molar-refractivity contribution in [1.82, 2.24) is 0 Å². The van der Waals surface area contributed by atoms with Gasteiger partial charge < -0.3 is 23.8 Å². The predicted octanol–water partition coefficient (Wildman–Crippen LogP) is 3.83. The molecule has 9 heteroatoms. The molecule has 2 rings (SSSR count). The fourth-order valence-electron chi connectivity index (χ4n) is 3.75. The van der Waals surface area contributed by atoms with Gasteiger partial charge in [-0.2, -0.15) is 0 Å². The lowest BCUT2D eigenvalue weighted by Gasteiger charge is -2.41. The molecule has 0 saturated carbocycles. The highest BCUT2D eigenvalue weighted by atomic mass is 28.5. The standard InChI is InChI=1S/C20H36N2O3Si4/c1-26(2,19-13-9-17(21)10-14-19)23-28(5,6)25-29(7,8)24-27(3,4)20-15-11-18(22)12-16-20/h9-16H,21-22H2,1-8H3. The van der Waals surface area contributed by atoms with E-state index in [9.17, 15) is 0 Å². The van der Waals surface area contributed by atoms with Gasteiger partial charge >= 0.3 is 17.1 Å². The number of hydrogen-bond donors (Lipinski definition) is 2. The minimum atomic E-state index is -2.41. The van der Waals surface area contributed by atoms with Gasteiger partial charge in [0.2, 0.25) is 16.6 Å². The summed E-state index contributed by atoms with van der Waals surface area (Å²) >= 11 is 0. The number of hydrogen-bond acceptors (Lipinski definition) is 5. The van der Waals surface area contributed by atoms with Gasteiger partial charge in [-0.15, -0.1) is 0 Å². The fraction of sp³-hybridized carbons (Fsp3) is 0.400. The van der Waals surface area contributed by atoms with E-state index >= 15 is 0 Å². The average Bonchev–Trinajstić information content (AvgIpc) is 2.52. The van der Waals surface area contributed by atoms with E-state index in [0.717, 1.165) is 11.4 Å². The van der Waals surface area contributed by atoms with Crippen molar-refractivity contribution in [2.75, 3.05) is 11.5 Å². The van der Waals surface area contributed by atoms with Crippen molar-refractivity contribution in [2.45, 2.75) is 52.4 Å². The van der Waals surface area contributed by atoms with Crippen molar-refractivity contribution in [3.8, 4) is 0 Å². The smallest absolute Gasteiger partial charge is 0.312 e. The monoisotopic (exact) mass is 464 g/mol. The SMILES string of the molecule is C[Si](C)(O[Si](C)(C)O[Si](C)(C)c1ccc(N)cc1)O[Si](C)(C)c1ccc(N)cc1. The highest BCUT2D eigenvalue weighted by Gasteiger charge is 2.44. The third-order valence-electron chi connectivity index (χ3n) is 4.71. The third-order valence-corrected chi connectivity index (χ3v) is 20.1. The molecule has 0 atom stereocenters. The number of rotatable bonds is 8. The van der Waals surface area contributed by atoms with Crippen LogP contribution in [0.4, 0.5) is 11.4 Å². The van der Waals surface area contributed by atoms with Crippen LogP contribution in [0.5, 0.6) is 0 Å². The maximum Gasteiger partial charge on any atom is 0.312 e. The minimum Gasteiger partial charge on any atom is -0.433 e. The second-order valence-electron chi connectivity index (χ2n) is 9.37. The van der Waals surface area contributed by atoms with E-state index < -0.39 is 33.8 Å². The van der Waals surface area contributed by atoms with Gasteiger partial charge in [-0.1, -0.05) is 24.3 Å². The molecule has 0 fully saturated rings. The molecule has 0 aromatic heterocycles. The molecule has 0 bridgehead atoms. The normalized spacial score (nSPS) is 13.5. The topological polar surface area (TPSA) is 79.7 Å². The summed E-state index contributed by atoms with van der Waals surface area (Å²) in [7, 11) is -9.06. The van der Waals surface area contributed by atoms with Crippen LogP contribution in [0.3, 0.4) is 0 Å². The summed E-state index contributed by atoms with van der Waals surface area (Å²) in [5, 5.41) is 2.43. The first kappa shape index (κ1) is 24.1. The Morgan fingerprint density at radius 2 is 0.759 bits per heavy atom. The summed E-state index contributed by atoms with van der Waals surface area (Å²) in [6.45, 7) is 17.3. The number of nitrogens with two attached hydrogens (primary N) is 2. The van der Waals surface area contributed by atoms with Crippen molar-refractivity contribution in [1.29, 1.82) is 0 Å². The molecule has 0 unspecified atom stereocenters. The molecule has 0 radical (unpaired) electrons. The molecule has 0 amide bonds. The van der Waals surface area contributed by atoms with Gasteiger partial charge in [0.1, 0.15) is 0 Å². The molecule has 2 aromatic carbocycles. The van der Waals surface area contributed by atoms with Crippen molar-refractivity contribution in [3.63, 3.8) is 0 Å². The number of nitrogen functional groups attached to an aromatic ring is 2. The molecule has 0 spiro atoms. The van der Waals surface area contributed by atoms with Gasteiger partial charge in [-0.05, 0) is 87.0 Å². The second kappa shape index (κ2) is 8.50. The molecule has 0 heterocycles. The average molecular weight is 465 g/mol. The summed E-state index contributed by atoms with van der Waals surface area (Å²) in [6.07, 6.45) is 0. The van der Waals surface area contributed by atoms with Crippen LogP contribution < -0.4 is 21.8 Å². The maximum absolute atomic E-state index is 6.69. The molecule has 5 nitrogen and oxygen atoms in total. The Kier molecular flexibility index (Phi) is 7.05. The lowest BCUT2D eigenvalue weighted by Crippen LogP contribution is -2.60. The number of anilines is 2. The van der Waals surface area contributed by atoms with Crippen LogP contribution in [0.25, 0.3) is 0 Å². The Morgan fingerprint density at radius 1 is 0.483 bits per heavy atom. The minimum absolute atomic E-state index is 0.767. The van der Waals surface area contributed by atoms with E-state index in [1.165, 1.54) is 10.4 Å². The fourth-order valence-corrected chi connectivity index (χ4v) is 22.3. The maximum atomic E-state index is 6.69. The Labute approximate surface area is 180 Å². The van der Waals surface area contributed by atoms with E-state index in [2.05, 4.69) is 76.6 Å². The van der Waals surface area contributed by atoms with E-state index in [1.54, 1.807) is 0 Å². The Hall–Kier alpha value is -1.21. The zero-order valence-electron chi connectivity index (χ0n) is 19.0. The predicted molar refractivity (Wildman–Crippen MR) is 134 cm³/mol. The Morgan fingerprint density at radius 3 is 1.03 bits per heavy atom. The summed E-state index contributed by atoms with van der Waals surface area (Å²) < 4.78 is 20.0. The molecule has 160 valence electrons. The van der Waals surface area contributed by atoms with E-state index in [-0.39, 0.29) is 0 Å². The largest absolute Gasteiger partial charge is 0.433 e. The van der Waals surface area contributed by atoms with E-state index in [4.69, 9.17) is 23.8 Å². The molecule has 2 aromatic rings. The lowest BCUT2D eigenvalue weighted by atomic mass is 10.3. The molecular formula is C20H36N2O3Si4. The third kappa shape index (κ3) is 6.91. The molecule has 0 aliphatic heterocycles. The van der Waals surface area contributed by atoms with Crippen LogP contribution in [-0.4, -0.2) is 33.8 Å². The van der Waals surface area contributed by atoms with Gasteiger partial charge in [0.25, 0.3) is 0 Å². The molecule has 0 aliphatic carbocycles. The number of benzene rings is 2. The highest BCUT2D eigenvalue weighted by molar-refractivity contribution is 6.95. The highest BCUT2D eigenvalue weighted by Crippen LogP contribution is 2.24. The van der Waals surface area contributed by atoms with Gasteiger partial charge in [-0.3, -0.25) is 0 Å². The summed E-state index contributed by atoms with van der Waals surface area (Å²) in [4.78, 5) is 0. The first-order valence-electron chi connectivity index (χ1n) is 9.94. The van der Waals surface area contributed by atoms with E-state index in [0.29, 0.717) is 0 Å². The van der Waals surface area contributed by atoms with Gasteiger partial charge in [-0.25, -0.2) is 0 Å². The zero-order valence-corrected chi connectivity index (χ0v) is 23.0. The Bertz CT molecular complexity index is 753. The van der Waals surface area contributed by atoms with Gasteiger partial charge in [0, 0.05) is 11.4 Å². The van der Waals surface area contributed by atoms with Crippen LogP contribution in [0.2, 0.25) is 52.4 Å². The summed E-state index contributed by atoms with van der Waals surface area (Å²) in [5.41, 5.74) is 13.2. The summed E-state index contributed by atoms with van der Waals surface area (Å²) in [5.74, 6) is 0. The van der Waals surface area contributed by atoms with Crippen LogP contribution in [0.15, 0.2) is 48.5 Å². The van der Waals surface area contributed by atoms with Crippen LogP contribution in [0, 0.1) is 0 Å².